The van der Waals surface area contributed by atoms with Gasteiger partial charge in [-0.2, -0.15) is 0 Å². The Balaban J connectivity index is 2.11. The van der Waals surface area contributed by atoms with E-state index in [1.165, 1.54) is 6.34 Å². The van der Waals surface area contributed by atoms with Crippen LogP contribution in [0.5, 0.6) is 0 Å². The maximum absolute atomic E-state index is 10.6. The summed E-state index contributed by atoms with van der Waals surface area (Å²) in [5, 5.41) is 15.5. The van der Waals surface area contributed by atoms with Gasteiger partial charge in [0.2, 0.25) is 0 Å². The van der Waals surface area contributed by atoms with Gasteiger partial charge in [0.1, 0.15) is 12.4 Å². The quantitative estimate of drug-likeness (QED) is 0.540. The summed E-state index contributed by atoms with van der Waals surface area (Å²) in [7, 11) is 0. The lowest BCUT2D eigenvalue weighted by Gasteiger charge is -2.19. The Morgan fingerprint density at radius 1 is 1.67 bits per heavy atom. The molecule has 1 radical (unpaired) electrons. The number of aliphatic imine (C=N–C) groups is 1. The molecule has 1 atom stereocenters. The summed E-state index contributed by atoms with van der Waals surface area (Å²) in [4.78, 5) is 14.6. The van der Waals surface area contributed by atoms with Gasteiger partial charge in [-0.15, -0.1) is 0 Å². The molecular weight excluding hydrogens is 158 g/mol. The van der Waals surface area contributed by atoms with Gasteiger partial charge in [0, 0.05) is 13.0 Å². The van der Waals surface area contributed by atoms with Crippen LogP contribution in [0, 0.1) is 0 Å². The lowest BCUT2D eigenvalue weighted by molar-refractivity contribution is -0.139. The molecular formula is C7H8N3O2. The molecule has 0 aromatic carbocycles. The number of rotatable bonds is 1. The fourth-order valence-corrected chi connectivity index (χ4v) is 1.30. The minimum atomic E-state index is -0.830. The van der Waals surface area contributed by atoms with E-state index in [0.29, 0.717) is 13.0 Å². The molecule has 2 aliphatic heterocycles. The molecule has 0 aliphatic carbocycles. The number of hydrogen-bond donors (Lipinski definition) is 2. The molecule has 0 saturated carbocycles. The molecule has 5 heteroatoms. The van der Waals surface area contributed by atoms with Gasteiger partial charge < -0.3 is 5.11 Å². The van der Waals surface area contributed by atoms with Gasteiger partial charge in [0.25, 0.3) is 0 Å². The summed E-state index contributed by atoms with van der Waals surface area (Å²) >= 11 is 0. The number of aliphatic carboxylic acids is 1. The normalized spacial score (nSPS) is 26.8. The van der Waals surface area contributed by atoms with Gasteiger partial charge in [-0.3, -0.25) is 10.1 Å². The Morgan fingerprint density at radius 3 is 3.25 bits per heavy atom. The first-order valence-corrected chi connectivity index (χ1v) is 3.69. The number of nitrogens with zero attached hydrogens (tertiary/aromatic N) is 2. The van der Waals surface area contributed by atoms with Gasteiger partial charge in [0.15, 0.2) is 0 Å². The highest BCUT2D eigenvalue weighted by Gasteiger charge is 2.27. The third kappa shape index (κ3) is 1.08. The summed E-state index contributed by atoms with van der Waals surface area (Å²) in [5.41, 5.74) is 1.67. The van der Waals surface area contributed by atoms with Crippen LogP contribution in [0.1, 0.15) is 6.42 Å². The van der Waals surface area contributed by atoms with Crippen LogP contribution in [0.15, 0.2) is 16.4 Å². The second kappa shape index (κ2) is 2.60. The van der Waals surface area contributed by atoms with Crippen molar-refractivity contribution in [3.8, 4) is 0 Å². The SMILES string of the molecule is O=C(O)C1CC2=C(CN1)N=C[N]2. The van der Waals surface area contributed by atoms with Crippen molar-refractivity contribution in [1.29, 1.82) is 0 Å². The minimum Gasteiger partial charge on any atom is -0.480 e. The zero-order valence-electron chi connectivity index (χ0n) is 6.32. The van der Waals surface area contributed by atoms with Crippen molar-refractivity contribution in [2.75, 3.05) is 6.54 Å². The largest absolute Gasteiger partial charge is 0.480 e. The molecule has 63 valence electrons. The third-order valence-electron chi connectivity index (χ3n) is 1.97. The monoisotopic (exact) mass is 166 g/mol. The fourth-order valence-electron chi connectivity index (χ4n) is 1.30. The number of nitrogens with one attached hydrogen (secondary N) is 1. The van der Waals surface area contributed by atoms with Crippen molar-refractivity contribution in [3.05, 3.63) is 11.4 Å². The highest BCUT2D eigenvalue weighted by atomic mass is 16.4. The molecule has 0 saturated heterocycles. The highest BCUT2D eigenvalue weighted by molar-refractivity contribution is 5.75. The smallest absolute Gasteiger partial charge is 0.321 e. The second-order valence-corrected chi connectivity index (χ2v) is 2.74. The van der Waals surface area contributed by atoms with Gasteiger partial charge in [-0.25, -0.2) is 10.3 Å². The number of carboxylic acid groups (broad SMARTS) is 1. The predicted octanol–water partition coefficient (Wildman–Crippen LogP) is -0.709. The van der Waals surface area contributed by atoms with E-state index < -0.39 is 12.0 Å². The van der Waals surface area contributed by atoms with Gasteiger partial charge in [-0.1, -0.05) is 0 Å². The lowest BCUT2D eigenvalue weighted by Crippen LogP contribution is -2.41. The molecule has 5 nitrogen and oxygen atoms in total. The van der Waals surface area contributed by atoms with Crippen molar-refractivity contribution in [2.45, 2.75) is 12.5 Å². The number of hydrogen-bond acceptors (Lipinski definition) is 3. The van der Waals surface area contributed by atoms with Crippen molar-refractivity contribution in [3.63, 3.8) is 0 Å². The van der Waals surface area contributed by atoms with Crippen molar-refractivity contribution in [2.24, 2.45) is 4.99 Å². The standard InChI is InChI=1S/C7H8N3O2/c11-7(12)5-1-4-6(2-8-5)10-3-9-4/h3,5,8H,1-2H2,(H,11,12). The first-order valence-electron chi connectivity index (χ1n) is 3.69. The summed E-state index contributed by atoms with van der Waals surface area (Å²) < 4.78 is 0. The molecule has 0 spiro atoms. The summed E-state index contributed by atoms with van der Waals surface area (Å²) in [5.74, 6) is -0.830. The zero-order chi connectivity index (χ0) is 8.55. The van der Waals surface area contributed by atoms with Crippen molar-refractivity contribution < 1.29 is 9.90 Å². The van der Waals surface area contributed by atoms with E-state index in [1.807, 2.05) is 0 Å². The minimum absolute atomic E-state index is 0.435. The van der Waals surface area contributed by atoms with E-state index in [4.69, 9.17) is 5.11 Å². The summed E-state index contributed by atoms with van der Waals surface area (Å²) in [6.07, 6.45) is 1.90. The zero-order valence-corrected chi connectivity index (χ0v) is 6.32. The first kappa shape index (κ1) is 7.30. The van der Waals surface area contributed by atoms with Gasteiger partial charge in [-0.05, 0) is 0 Å². The molecule has 0 aromatic rings. The number of carboxylic acids is 1. The van der Waals surface area contributed by atoms with E-state index in [0.717, 1.165) is 11.4 Å². The van der Waals surface area contributed by atoms with Crippen LogP contribution >= 0.6 is 0 Å². The molecule has 0 fully saturated rings. The Kier molecular flexibility index (Phi) is 1.58. The summed E-state index contributed by atoms with van der Waals surface area (Å²) in [6.45, 7) is 0.506. The molecule has 2 heterocycles. The second-order valence-electron chi connectivity index (χ2n) is 2.74. The van der Waals surface area contributed by atoms with Gasteiger partial charge >= 0.3 is 5.97 Å². The number of carbonyl (C=O) groups is 1. The maximum atomic E-state index is 10.6. The molecule has 12 heavy (non-hydrogen) atoms. The Bertz CT molecular complexity index is 282. The van der Waals surface area contributed by atoms with Crippen LogP contribution in [0.4, 0.5) is 0 Å². The highest BCUT2D eigenvalue weighted by Crippen LogP contribution is 2.18. The van der Waals surface area contributed by atoms with Crippen molar-refractivity contribution >= 4 is 12.3 Å². The van der Waals surface area contributed by atoms with Crippen LogP contribution in [-0.2, 0) is 4.79 Å². The van der Waals surface area contributed by atoms with E-state index in [2.05, 4.69) is 15.6 Å². The van der Waals surface area contributed by atoms with Crippen molar-refractivity contribution in [1.82, 2.24) is 10.6 Å². The molecule has 0 amide bonds. The van der Waals surface area contributed by atoms with Crippen LogP contribution < -0.4 is 10.6 Å². The molecule has 0 bridgehead atoms. The van der Waals surface area contributed by atoms with Crippen LogP contribution in [0.3, 0.4) is 0 Å². The van der Waals surface area contributed by atoms with E-state index in [1.54, 1.807) is 0 Å². The topological polar surface area (TPSA) is 75.8 Å². The van der Waals surface area contributed by atoms with Crippen LogP contribution in [-0.4, -0.2) is 30.0 Å². The first-order chi connectivity index (χ1) is 5.77. The fraction of sp³-hybridized carbons (Fsp3) is 0.429. The Hall–Kier alpha value is -1.36. The van der Waals surface area contributed by atoms with Crippen LogP contribution in [0.2, 0.25) is 0 Å². The molecule has 2 N–H and O–H groups in total. The molecule has 0 aromatic heterocycles. The average molecular weight is 166 g/mol. The lowest BCUT2D eigenvalue weighted by atomic mass is 10.1. The van der Waals surface area contributed by atoms with E-state index in [9.17, 15) is 4.79 Å². The average Bonchev–Trinajstić information content (AvgIpc) is 2.49. The van der Waals surface area contributed by atoms with E-state index in [-0.39, 0.29) is 0 Å². The Morgan fingerprint density at radius 2 is 2.50 bits per heavy atom. The van der Waals surface area contributed by atoms with Crippen LogP contribution in [0.25, 0.3) is 0 Å². The third-order valence-corrected chi connectivity index (χ3v) is 1.97. The Labute approximate surface area is 69.2 Å². The summed E-state index contributed by atoms with van der Waals surface area (Å²) in [6, 6.07) is -0.505. The van der Waals surface area contributed by atoms with Gasteiger partial charge in [0.05, 0.1) is 11.4 Å². The molecule has 1 unspecified atom stereocenters. The molecule has 2 rings (SSSR count). The molecule has 2 aliphatic rings. The maximum Gasteiger partial charge on any atom is 0.321 e. The predicted molar refractivity (Wildman–Crippen MR) is 41.7 cm³/mol. The van der Waals surface area contributed by atoms with E-state index >= 15 is 0 Å².